The molecule has 0 bridgehead atoms. The largest absolute Gasteiger partial charge is 0.459 e. The molecule has 0 aliphatic carbocycles. The maximum Gasteiger partial charge on any atom is 0.226 e. The Labute approximate surface area is 162 Å². The SMILES string of the molecule is CC(C)C(=O)Nc1cccc(-c2cn3cc(-c4ccc(CO)o4)ccc3n2)c1. The number of hydrogen-bond acceptors (Lipinski definition) is 4. The van der Waals surface area contributed by atoms with Crippen LogP contribution in [0.25, 0.3) is 28.2 Å². The van der Waals surface area contributed by atoms with Gasteiger partial charge in [0.1, 0.15) is 23.8 Å². The molecule has 0 fully saturated rings. The first-order chi connectivity index (χ1) is 13.5. The molecule has 6 heteroatoms. The Hall–Kier alpha value is -3.38. The number of aromatic nitrogens is 2. The minimum absolute atomic E-state index is 0.0162. The first kappa shape index (κ1) is 18.0. The van der Waals surface area contributed by atoms with E-state index in [4.69, 9.17) is 4.42 Å². The van der Waals surface area contributed by atoms with Crippen molar-refractivity contribution >= 4 is 17.2 Å². The molecule has 142 valence electrons. The molecular weight excluding hydrogens is 354 g/mol. The van der Waals surface area contributed by atoms with Gasteiger partial charge in [0.05, 0.1) is 5.69 Å². The average molecular weight is 375 g/mol. The van der Waals surface area contributed by atoms with Gasteiger partial charge in [-0.25, -0.2) is 4.98 Å². The van der Waals surface area contributed by atoms with Gasteiger partial charge in [0.15, 0.2) is 0 Å². The van der Waals surface area contributed by atoms with Crippen LogP contribution < -0.4 is 5.32 Å². The predicted molar refractivity (Wildman–Crippen MR) is 108 cm³/mol. The number of imidazole rings is 1. The van der Waals surface area contributed by atoms with Crippen LogP contribution in [-0.4, -0.2) is 20.4 Å². The number of rotatable bonds is 5. The fraction of sp³-hybridized carbons (Fsp3) is 0.182. The van der Waals surface area contributed by atoms with Crippen LogP contribution in [0.5, 0.6) is 0 Å². The molecule has 3 heterocycles. The van der Waals surface area contributed by atoms with E-state index < -0.39 is 0 Å². The van der Waals surface area contributed by atoms with Gasteiger partial charge in [0.25, 0.3) is 0 Å². The van der Waals surface area contributed by atoms with E-state index in [0.717, 1.165) is 28.2 Å². The highest BCUT2D eigenvalue weighted by Gasteiger charge is 2.11. The van der Waals surface area contributed by atoms with E-state index in [-0.39, 0.29) is 18.4 Å². The third kappa shape index (κ3) is 3.54. The van der Waals surface area contributed by atoms with Gasteiger partial charge in [-0.2, -0.15) is 0 Å². The summed E-state index contributed by atoms with van der Waals surface area (Å²) in [4.78, 5) is 16.6. The van der Waals surface area contributed by atoms with Gasteiger partial charge < -0.3 is 19.2 Å². The molecule has 0 atom stereocenters. The van der Waals surface area contributed by atoms with Crippen molar-refractivity contribution in [3.63, 3.8) is 0 Å². The number of nitrogens with one attached hydrogen (secondary N) is 1. The van der Waals surface area contributed by atoms with Gasteiger partial charge in [-0.05, 0) is 36.4 Å². The number of benzene rings is 1. The molecule has 0 spiro atoms. The van der Waals surface area contributed by atoms with Crippen LogP contribution in [-0.2, 0) is 11.4 Å². The number of furan rings is 1. The van der Waals surface area contributed by atoms with Crippen molar-refractivity contribution in [2.45, 2.75) is 20.5 Å². The third-order valence-electron chi connectivity index (χ3n) is 4.50. The Morgan fingerprint density at radius 2 is 2.00 bits per heavy atom. The van der Waals surface area contributed by atoms with Gasteiger partial charge in [-0.1, -0.05) is 26.0 Å². The summed E-state index contributed by atoms with van der Waals surface area (Å²) in [6.45, 7) is 3.60. The normalized spacial score (nSPS) is 11.3. The molecule has 2 N–H and O–H groups in total. The number of pyridine rings is 1. The van der Waals surface area contributed by atoms with E-state index in [1.165, 1.54) is 0 Å². The highest BCUT2D eigenvalue weighted by Crippen LogP contribution is 2.26. The molecule has 0 saturated heterocycles. The van der Waals surface area contributed by atoms with Crippen LogP contribution in [0, 0.1) is 5.92 Å². The Balaban J connectivity index is 1.65. The lowest BCUT2D eigenvalue weighted by molar-refractivity contribution is -0.118. The van der Waals surface area contributed by atoms with Crippen LogP contribution in [0.1, 0.15) is 19.6 Å². The van der Waals surface area contributed by atoms with Crippen LogP contribution in [0.15, 0.2) is 65.3 Å². The topological polar surface area (TPSA) is 79.8 Å². The van der Waals surface area contributed by atoms with Crippen molar-refractivity contribution in [1.29, 1.82) is 0 Å². The summed E-state index contributed by atoms with van der Waals surface area (Å²) in [5.41, 5.74) is 4.19. The van der Waals surface area contributed by atoms with Gasteiger partial charge in [0.2, 0.25) is 5.91 Å². The zero-order valence-electron chi connectivity index (χ0n) is 15.7. The number of carbonyl (C=O) groups is 1. The summed E-state index contributed by atoms with van der Waals surface area (Å²) in [7, 11) is 0. The Morgan fingerprint density at radius 1 is 1.14 bits per heavy atom. The van der Waals surface area contributed by atoms with Gasteiger partial charge >= 0.3 is 0 Å². The summed E-state index contributed by atoms with van der Waals surface area (Å²) in [5.74, 6) is 1.13. The Kier molecular flexibility index (Phi) is 4.71. The molecule has 4 rings (SSSR count). The highest BCUT2D eigenvalue weighted by molar-refractivity contribution is 5.92. The summed E-state index contributed by atoms with van der Waals surface area (Å²) >= 11 is 0. The van der Waals surface area contributed by atoms with E-state index in [1.54, 1.807) is 6.07 Å². The zero-order chi connectivity index (χ0) is 19.7. The number of carbonyl (C=O) groups excluding carboxylic acids is 1. The molecule has 0 aliphatic rings. The lowest BCUT2D eigenvalue weighted by Crippen LogP contribution is -2.17. The second-order valence-electron chi connectivity index (χ2n) is 6.96. The standard InChI is InChI=1S/C22H21N3O3/c1-14(2)22(27)23-17-5-3-4-15(10-17)19-12-25-11-16(6-9-21(25)24-19)20-8-7-18(13-26)28-20/h3-12,14,26H,13H2,1-2H3,(H,23,27). The monoisotopic (exact) mass is 375 g/mol. The van der Waals surface area contributed by atoms with E-state index in [9.17, 15) is 9.90 Å². The number of aliphatic hydroxyl groups excluding tert-OH is 1. The molecule has 4 aromatic rings. The smallest absolute Gasteiger partial charge is 0.226 e. The molecule has 0 radical (unpaired) electrons. The van der Waals surface area contributed by atoms with Crippen LogP contribution in [0.4, 0.5) is 5.69 Å². The van der Waals surface area contributed by atoms with Crippen LogP contribution >= 0.6 is 0 Å². The fourth-order valence-electron chi connectivity index (χ4n) is 2.94. The summed E-state index contributed by atoms with van der Waals surface area (Å²) in [6, 6.07) is 15.1. The Bertz CT molecular complexity index is 1140. The van der Waals surface area contributed by atoms with Crippen molar-refractivity contribution < 1.29 is 14.3 Å². The van der Waals surface area contributed by atoms with Gasteiger partial charge in [-0.3, -0.25) is 4.79 Å². The molecule has 28 heavy (non-hydrogen) atoms. The first-order valence-corrected chi connectivity index (χ1v) is 9.13. The van der Waals surface area contributed by atoms with Crippen molar-refractivity contribution in [3.8, 4) is 22.6 Å². The third-order valence-corrected chi connectivity index (χ3v) is 4.50. The van der Waals surface area contributed by atoms with Gasteiger partial charge in [0, 0.05) is 35.1 Å². The molecule has 6 nitrogen and oxygen atoms in total. The minimum atomic E-state index is -0.124. The molecule has 3 aromatic heterocycles. The predicted octanol–water partition coefficient (Wildman–Crippen LogP) is 4.35. The quantitative estimate of drug-likeness (QED) is 0.543. The zero-order valence-corrected chi connectivity index (χ0v) is 15.7. The number of amides is 1. The number of anilines is 1. The maximum absolute atomic E-state index is 11.9. The molecule has 0 saturated carbocycles. The first-order valence-electron chi connectivity index (χ1n) is 9.13. The van der Waals surface area contributed by atoms with Crippen molar-refractivity contribution in [3.05, 3.63) is 66.7 Å². The Morgan fingerprint density at radius 3 is 2.75 bits per heavy atom. The summed E-state index contributed by atoms with van der Waals surface area (Å²) < 4.78 is 7.54. The van der Waals surface area contributed by atoms with Crippen LogP contribution in [0.3, 0.4) is 0 Å². The fourth-order valence-corrected chi connectivity index (χ4v) is 2.94. The van der Waals surface area contributed by atoms with E-state index >= 15 is 0 Å². The van der Waals surface area contributed by atoms with Crippen molar-refractivity contribution in [2.75, 3.05) is 5.32 Å². The number of hydrogen-bond donors (Lipinski definition) is 2. The van der Waals surface area contributed by atoms with Crippen molar-refractivity contribution in [2.24, 2.45) is 5.92 Å². The highest BCUT2D eigenvalue weighted by atomic mass is 16.4. The molecule has 1 aromatic carbocycles. The molecule has 1 amide bonds. The second kappa shape index (κ2) is 7.32. The van der Waals surface area contributed by atoms with E-state index in [0.29, 0.717) is 11.5 Å². The summed E-state index contributed by atoms with van der Waals surface area (Å²) in [5, 5.41) is 12.1. The molecule has 0 aliphatic heterocycles. The average Bonchev–Trinajstić information content (AvgIpc) is 3.34. The molecular formula is C22H21N3O3. The second-order valence-corrected chi connectivity index (χ2v) is 6.96. The van der Waals surface area contributed by atoms with Crippen LogP contribution in [0.2, 0.25) is 0 Å². The number of fused-ring (bicyclic) bond motifs is 1. The summed E-state index contributed by atoms with van der Waals surface area (Å²) in [6.07, 6.45) is 3.88. The van der Waals surface area contributed by atoms with E-state index in [2.05, 4.69) is 10.3 Å². The number of nitrogens with zero attached hydrogens (tertiary/aromatic N) is 2. The lowest BCUT2D eigenvalue weighted by Gasteiger charge is -2.08. The number of aliphatic hydroxyl groups is 1. The van der Waals surface area contributed by atoms with Crippen molar-refractivity contribution in [1.82, 2.24) is 9.38 Å². The minimum Gasteiger partial charge on any atom is -0.459 e. The van der Waals surface area contributed by atoms with E-state index in [1.807, 2.05) is 73.1 Å². The lowest BCUT2D eigenvalue weighted by atomic mass is 10.1. The van der Waals surface area contributed by atoms with Gasteiger partial charge in [-0.15, -0.1) is 0 Å². The molecule has 0 unspecified atom stereocenters. The maximum atomic E-state index is 11.9.